The summed E-state index contributed by atoms with van der Waals surface area (Å²) < 4.78 is 0. The zero-order valence-electron chi connectivity index (χ0n) is 30.4. The van der Waals surface area contributed by atoms with Gasteiger partial charge in [-0.25, -0.2) is 15.0 Å². The zero-order chi connectivity index (χ0) is 36.8. The van der Waals surface area contributed by atoms with Crippen LogP contribution in [0.25, 0.3) is 56.4 Å². The molecule has 3 aliphatic rings. The molecule has 0 N–H and O–H groups in total. The van der Waals surface area contributed by atoms with Gasteiger partial charge >= 0.3 is 0 Å². The molecule has 0 unspecified atom stereocenters. The first-order valence-corrected chi connectivity index (χ1v) is 19.3. The minimum Gasteiger partial charge on any atom is -0.208 e. The Morgan fingerprint density at radius 3 is 0.946 bits per heavy atom. The molecule has 0 bridgehead atoms. The summed E-state index contributed by atoms with van der Waals surface area (Å²) in [7, 11) is 0. The minimum atomic E-state index is -0.593. The van der Waals surface area contributed by atoms with Gasteiger partial charge in [-0.05, 0) is 72.8 Å². The molecule has 56 heavy (non-hydrogen) atoms. The highest BCUT2D eigenvalue weighted by atomic mass is 15.0. The second-order valence-electron chi connectivity index (χ2n) is 15.0. The molecule has 3 aliphatic carbocycles. The van der Waals surface area contributed by atoms with Crippen molar-refractivity contribution < 1.29 is 0 Å². The quantitative estimate of drug-likeness (QED) is 0.183. The van der Waals surface area contributed by atoms with Crippen LogP contribution in [0.2, 0.25) is 0 Å². The maximum absolute atomic E-state index is 5.18. The van der Waals surface area contributed by atoms with Crippen LogP contribution in [-0.4, -0.2) is 15.0 Å². The summed E-state index contributed by atoms with van der Waals surface area (Å²) in [6.45, 7) is 0. The van der Waals surface area contributed by atoms with E-state index in [0.717, 1.165) is 16.7 Å². The Bertz CT molecular complexity index is 2890. The van der Waals surface area contributed by atoms with Gasteiger partial charge in [-0.15, -0.1) is 0 Å². The highest BCUT2D eigenvalue weighted by Crippen LogP contribution is 2.67. The molecule has 3 nitrogen and oxygen atoms in total. The summed E-state index contributed by atoms with van der Waals surface area (Å²) in [5.74, 6) is 1.96. The molecule has 260 valence electrons. The predicted molar refractivity (Wildman–Crippen MR) is 224 cm³/mol. The molecule has 0 atom stereocenters. The SMILES string of the molecule is c1ccc(-c2nc(-c3ccccc3)nc(-c3ccc4c(c3)C3(c5ccccc5-4)c4ccccc4C4(c5ccccc5-c5ccccc54)c4ccccc43)n2)cc1. The molecule has 0 saturated carbocycles. The van der Waals surface area contributed by atoms with Crippen molar-refractivity contribution >= 4 is 0 Å². The summed E-state index contributed by atoms with van der Waals surface area (Å²) >= 11 is 0. The lowest BCUT2D eigenvalue weighted by molar-refractivity contribution is 0.633. The number of nitrogens with zero attached hydrogens (tertiary/aromatic N) is 3. The first-order chi connectivity index (χ1) is 27.8. The Kier molecular flexibility index (Phi) is 6.47. The number of rotatable bonds is 3. The Morgan fingerprint density at radius 1 is 0.232 bits per heavy atom. The predicted octanol–water partition coefficient (Wildman–Crippen LogP) is 11.9. The molecule has 0 amide bonds. The van der Waals surface area contributed by atoms with E-state index in [4.69, 9.17) is 15.0 Å². The van der Waals surface area contributed by atoms with Crippen LogP contribution in [0.3, 0.4) is 0 Å². The topological polar surface area (TPSA) is 38.7 Å². The second-order valence-corrected chi connectivity index (χ2v) is 15.0. The fourth-order valence-electron chi connectivity index (χ4n) is 10.3. The van der Waals surface area contributed by atoms with Gasteiger partial charge in [-0.1, -0.05) is 194 Å². The first kappa shape index (κ1) is 31.2. The summed E-state index contributed by atoms with van der Waals surface area (Å²) in [4.78, 5) is 15.4. The van der Waals surface area contributed by atoms with Crippen LogP contribution in [0.4, 0.5) is 0 Å². The van der Waals surface area contributed by atoms with Crippen molar-refractivity contribution in [2.24, 2.45) is 0 Å². The smallest absolute Gasteiger partial charge is 0.164 e. The molecule has 9 aromatic rings. The van der Waals surface area contributed by atoms with Crippen molar-refractivity contribution in [2.45, 2.75) is 10.8 Å². The van der Waals surface area contributed by atoms with Crippen LogP contribution in [0.15, 0.2) is 200 Å². The summed E-state index contributed by atoms with van der Waals surface area (Å²) in [6, 6.07) is 72.8. The van der Waals surface area contributed by atoms with Crippen molar-refractivity contribution in [3.63, 3.8) is 0 Å². The van der Waals surface area contributed by atoms with Crippen molar-refractivity contribution in [2.75, 3.05) is 0 Å². The first-order valence-electron chi connectivity index (χ1n) is 19.3. The molecule has 3 heteroatoms. The number of aromatic nitrogens is 3. The van der Waals surface area contributed by atoms with E-state index in [1.165, 1.54) is 66.8 Å². The number of hydrogen-bond donors (Lipinski definition) is 0. The third-order valence-electron chi connectivity index (χ3n) is 12.4. The normalized spacial score (nSPS) is 14.4. The van der Waals surface area contributed by atoms with E-state index in [0.29, 0.717) is 17.5 Å². The molecule has 2 spiro atoms. The van der Waals surface area contributed by atoms with Gasteiger partial charge < -0.3 is 0 Å². The van der Waals surface area contributed by atoms with Crippen molar-refractivity contribution in [1.29, 1.82) is 0 Å². The number of benzene rings is 8. The fourth-order valence-corrected chi connectivity index (χ4v) is 10.3. The van der Waals surface area contributed by atoms with Crippen LogP contribution in [0, 0.1) is 0 Å². The van der Waals surface area contributed by atoms with Gasteiger partial charge in [0, 0.05) is 16.7 Å². The Hall–Kier alpha value is -7.23. The molecule has 12 rings (SSSR count). The maximum Gasteiger partial charge on any atom is 0.164 e. The average molecular weight is 712 g/mol. The van der Waals surface area contributed by atoms with Gasteiger partial charge in [0.05, 0.1) is 10.8 Å². The summed E-state index contributed by atoms with van der Waals surface area (Å²) in [5.41, 5.74) is 17.4. The number of hydrogen-bond acceptors (Lipinski definition) is 3. The minimum absolute atomic E-state index is 0.482. The van der Waals surface area contributed by atoms with E-state index in [-0.39, 0.29) is 0 Å². The summed E-state index contributed by atoms with van der Waals surface area (Å²) in [6.07, 6.45) is 0. The van der Waals surface area contributed by atoms with Crippen LogP contribution >= 0.6 is 0 Å². The van der Waals surface area contributed by atoms with E-state index in [9.17, 15) is 0 Å². The molecule has 0 saturated heterocycles. The van der Waals surface area contributed by atoms with Gasteiger partial charge in [0.25, 0.3) is 0 Å². The van der Waals surface area contributed by atoms with Crippen LogP contribution in [-0.2, 0) is 10.8 Å². The standard InChI is InChI=1S/C53H33N3/c1-3-17-34(18-4-1)49-54-50(35-19-5-2-6-20-35)56-51(55-49)36-31-32-40-39-23-9-12-26-43(39)53(48(40)33-36)46-29-15-13-27-44(46)52(45-28-14-16-30-47(45)53)41-24-10-7-21-37(41)38-22-8-11-25-42(38)52/h1-33H. The van der Waals surface area contributed by atoms with E-state index in [1.807, 2.05) is 36.4 Å². The third kappa shape index (κ3) is 3.99. The van der Waals surface area contributed by atoms with Crippen molar-refractivity contribution in [3.05, 3.63) is 245 Å². The van der Waals surface area contributed by atoms with E-state index in [2.05, 4.69) is 164 Å². The van der Waals surface area contributed by atoms with Gasteiger partial charge in [-0.3, -0.25) is 0 Å². The average Bonchev–Trinajstić information content (AvgIpc) is 3.74. The molecule has 8 aromatic carbocycles. The lowest BCUT2D eigenvalue weighted by Gasteiger charge is -2.48. The lowest BCUT2D eigenvalue weighted by Crippen LogP contribution is -2.43. The lowest BCUT2D eigenvalue weighted by atomic mass is 9.52. The van der Waals surface area contributed by atoms with Gasteiger partial charge in [0.1, 0.15) is 0 Å². The van der Waals surface area contributed by atoms with Gasteiger partial charge in [0.2, 0.25) is 0 Å². The van der Waals surface area contributed by atoms with E-state index >= 15 is 0 Å². The Morgan fingerprint density at radius 2 is 0.536 bits per heavy atom. The van der Waals surface area contributed by atoms with Crippen LogP contribution in [0.5, 0.6) is 0 Å². The molecular formula is C53H33N3. The Labute approximate surface area is 325 Å². The van der Waals surface area contributed by atoms with Gasteiger partial charge in [0.15, 0.2) is 17.5 Å². The summed E-state index contributed by atoms with van der Waals surface area (Å²) in [5, 5.41) is 0. The third-order valence-corrected chi connectivity index (χ3v) is 12.4. The largest absolute Gasteiger partial charge is 0.208 e. The fraction of sp³-hybridized carbons (Fsp3) is 0.0377. The zero-order valence-corrected chi connectivity index (χ0v) is 30.4. The van der Waals surface area contributed by atoms with Crippen LogP contribution in [0.1, 0.15) is 44.5 Å². The second kappa shape index (κ2) is 11.6. The maximum atomic E-state index is 5.18. The number of fused-ring (bicyclic) bond motifs is 16. The molecule has 0 aliphatic heterocycles. The van der Waals surface area contributed by atoms with Gasteiger partial charge in [-0.2, -0.15) is 0 Å². The molecule has 0 radical (unpaired) electrons. The highest BCUT2D eigenvalue weighted by molar-refractivity contribution is 5.94. The molecule has 0 fully saturated rings. The molecule has 1 heterocycles. The Balaban J connectivity index is 1.17. The van der Waals surface area contributed by atoms with Crippen LogP contribution < -0.4 is 0 Å². The molecule has 1 aromatic heterocycles. The van der Waals surface area contributed by atoms with Crippen molar-refractivity contribution in [1.82, 2.24) is 15.0 Å². The van der Waals surface area contributed by atoms with E-state index in [1.54, 1.807) is 0 Å². The monoisotopic (exact) mass is 711 g/mol. The van der Waals surface area contributed by atoms with Crippen molar-refractivity contribution in [3.8, 4) is 56.4 Å². The molecular weight excluding hydrogens is 679 g/mol. The van der Waals surface area contributed by atoms with E-state index < -0.39 is 10.8 Å². The highest BCUT2D eigenvalue weighted by Gasteiger charge is 2.58.